The highest BCUT2D eigenvalue weighted by atomic mass is 19.1. The normalized spacial score (nSPS) is 18.0. The summed E-state index contributed by atoms with van der Waals surface area (Å²) in [5.74, 6) is -0.926. The molecule has 2 aromatic carbocycles. The van der Waals surface area contributed by atoms with Crippen molar-refractivity contribution >= 4 is 11.6 Å². The van der Waals surface area contributed by atoms with E-state index in [1.807, 2.05) is 38.1 Å². The fourth-order valence-corrected chi connectivity index (χ4v) is 2.97. The molecule has 0 saturated heterocycles. The van der Waals surface area contributed by atoms with Crippen LogP contribution in [0.2, 0.25) is 0 Å². The average Bonchev–Trinajstić information content (AvgIpc) is 2.81. The molecule has 0 bridgehead atoms. The van der Waals surface area contributed by atoms with Gasteiger partial charge in [0, 0.05) is 5.56 Å². The van der Waals surface area contributed by atoms with Gasteiger partial charge in [-0.1, -0.05) is 36.8 Å². The zero-order valence-electron chi connectivity index (χ0n) is 12.6. The van der Waals surface area contributed by atoms with E-state index in [9.17, 15) is 14.3 Å². The van der Waals surface area contributed by atoms with Gasteiger partial charge in [0.2, 0.25) is 5.91 Å². The third-order valence-electron chi connectivity index (χ3n) is 4.20. The van der Waals surface area contributed by atoms with Crippen LogP contribution in [0.4, 0.5) is 10.1 Å². The Labute approximate surface area is 128 Å². The van der Waals surface area contributed by atoms with Crippen molar-refractivity contribution in [1.29, 1.82) is 0 Å². The van der Waals surface area contributed by atoms with Gasteiger partial charge in [-0.05, 0) is 36.6 Å². The van der Waals surface area contributed by atoms with Gasteiger partial charge in [-0.25, -0.2) is 4.39 Å². The van der Waals surface area contributed by atoms with Gasteiger partial charge in [-0.15, -0.1) is 0 Å². The summed E-state index contributed by atoms with van der Waals surface area (Å²) in [5, 5.41) is 13.4. The minimum atomic E-state index is -0.971. The van der Waals surface area contributed by atoms with E-state index < -0.39 is 11.9 Å². The van der Waals surface area contributed by atoms with Gasteiger partial charge in [-0.2, -0.15) is 0 Å². The van der Waals surface area contributed by atoms with Crippen LogP contribution >= 0.6 is 0 Å². The number of rotatable bonds is 3. The van der Waals surface area contributed by atoms with Gasteiger partial charge < -0.3 is 10.4 Å². The monoisotopic (exact) mass is 299 g/mol. The highest BCUT2D eigenvalue weighted by molar-refractivity contribution is 6.03. The molecule has 0 aliphatic carbocycles. The highest BCUT2D eigenvalue weighted by Crippen LogP contribution is 2.41. The molecule has 2 unspecified atom stereocenters. The van der Waals surface area contributed by atoms with Crippen molar-refractivity contribution < 1.29 is 14.3 Å². The first-order valence-corrected chi connectivity index (χ1v) is 7.40. The fraction of sp³-hybridized carbons (Fsp3) is 0.278. The van der Waals surface area contributed by atoms with Crippen LogP contribution in [0.15, 0.2) is 36.4 Å². The Balaban J connectivity index is 2.08. The molecule has 2 atom stereocenters. The van der Waals surface area contributed by atoms with Gasteiger partial charge in [0.05, 0.1) is 11.6 Å². The van der Waals surface area contributed by atoms with Crippen molar-refractivity contribution in [2.24, 2.45) is 0 Å². The second kappa shape index (κ2) is 5.54. The zero-order chi connectivity index (χ0) is 15.9. The molecule has 3 nitrogen and oxygen atoms in total. The molecule has 1 aliphatic rings. The minimum absolute atomic E-state index is 0.138. The number of aryl methyl sites for hydroxylation is 1. The Morgan fingerprint density at radius 3 is 2.59 bits per heavy atom. The number of benzene rings is 2. The average molecular weight is 299 g/mol. The molecule has 3 rings (SSSR count). The summed E-state index contributed by atoms with van der Waals surface area (Å²) in [4.78, 5) is 12.0. The summed E-state index contributed by atoms with van der Waals surface area (Å²) in [6.07, 6.45) is -0.372. The van der Waals surface area contributed by atoms with E-state index in [0.29, 0.717) is 28.8 Å². The Bertz CT molecular complexity index is 725. The van der Waals surface area contributed by atoms with Crippen LogP contribution < -0.4 is 5.32 Å². The second-order valence-electron chi connectivity index (χ2n) is 5.72. The van der Waals surface area contributed by atoms with E-state index in [0.717, 1.165) is 5.56 Å². The Morgan fingerprint density at radius 2 is 1.95 bits per heavy atom. The lowest BCUT2D eigenvalue weighted by Gasteiger charge is -2.16. The quantitative estimate of drug-likeness (QED) is 0.908. The summed E-state index contributed by atoms with van der Waals surface area (Å²) in [5.41, 5.74) is 3.34. The van der Waals surface area contributed by atoms with E-state index in [1.165, 1.54) is 12.1 Å². The Kier molecular flexibility index (Phi) is 3.71. The molecular weight excluding hydrogens is 281 g/mol. The minimum Gasteiger partial charge on any atom is -0.384 e. The van der Waals surface area contributed by atoms with E-state index in [1.54, 1.807) is 0 Å². The van der Waals surface area contributed by atoms with Gasteiger partial charge in [0.25, 0.3) is 0 Å². The Hall–Kier alpha value is -2.20. The van der Waals surface area contributed by atoms with E-state index >= 15 is 0 Å². The van der Waals surface area contributed by atoms with Crippen molar-refractivity contribution in [2.45, 2.75) is 32.3 Å². The summed E-state index contributed by atoms with van der Waals surface area (Å²) < 4.78 is 13.9. The van der Waals surface area contributed by atoms with Gasteiger partial charge in [0.1, 0.15) is 11.9 Å². The summed E-state index contributed by atoms with van der Waals surface area (Å²) in [6.45, 7) is 3.85. The van der Waals surface area contributed by atoms with Crippen LogP contribution in [0.5, 0.6) is 0 Å². The molecule has 0 fully saturated rings. The number of carbonyl (C=O) groups is 1. The van der Waals surface area contributed by atoms with Crippen molar-refractivity contribution in [3.63, 3.8) is 0 Å². The number of nitrogens with one attached hydrogen (secondary N) is 1. The maximum Gasteiger partial charge on any atom is 0.232 e. The maximum atomic E-state index is 13.9. The summed E-state index contributed by atoms with van der Waals surface area (Å²) in [6, 6.07) is 10.1. The number of carbonyl (C=O) groups excluding carboxylic acids is 1. The molecule has 0 radical (unpaired) electrons. The summed E-state index contributed by atoms with van der Waals surface area (Å²) in [7, 11) is 0. The van der Waals surface area contributed by atoms with Gasteiger partial charge in [0.15, 0.2) is 0 Å². The first kappa shape index (κ1) is 14.7. The molecule has 114 valence electrons. The second-order valence-corrected chi connectivity index (χ2v) is 5.72. The van der Waals surface area contributed by atoms with Crippen LogP contribution in [0, 0.1) is 12.7 Å². The first-order chi connectivity index (χ1) is 10.5. The number of hydrogen-bond acceptors (Lipinski definition) is 2. The third-order valence-corrected chi connectivity index (χ3v) is 4.20. The smallest absolute Gasteiger partial charge is 0.232 e. The molecule has 0 spiro atoms. The maximum absolute atomic E-state index is 13.9. The number of fused-ring (bicyclic) bond motifs is 1. The molecule has 4 heteroatoms. The van der Waals surface area contributed by atoms with Crippen molar-refractivity contribution in [1.82, 2.24) is 0 Å². The fourth-order valence-electron chi connectivity index (χ4n) is 2.97. The van der Waals surface area contributed by atoms with Crippen LogP contribution in [-0.4, -0.2) is 11.0 Å². The molecular formula is C18H18FNO2. The number of aliphatic hydroxyl groups excluding tert-OH is 1. The third kappa shape index (κ3) is 2.40. The van der Waals surface area contributed by atoms with Gasteiger partial charge >= 0.3 is 0 Å². The SMILES string of the molecule is CCC1C(=O)Nc2c1cc(F)cc2C(O)c1ccc(C)cc1. The molecule has 0 aromatic heterocycles. The highest BCUT2D eigenvalue weighted by Gasteiger charge is 2.33. The molecule has 1 heterocycles. The van der Waals surface area contributed by atoms with Crippen molar-refractivity contribution in [3.05, 3.63) is 64.5 Å². The van der Waals surface area contributed by atoms with E-state index in [2.05, 4.69) is 5.32 Å². The lowest BCUT2D eigenvalue weighted by atomic mass is 9.92. The molecule has 1 aliphatic heterocycles. The topological polar surface area (TPSA) is 49.3 Å². The number of halogens is 1. The summed E-state index contributed by atoms with van der Waals surface area (Å²) >= 11 is 0. The predicted molar refractivity (Wildman–Crippen MR) is 83.3 cm³/mol. The lowest BCUT2D eigenvalue weighted by Crippen LogP contribution is -2.11. The van der Waals surface area contributed by atoms with Gasteiger partial charge in [-0.3, -0.25) is 4.79 Å². The number of hydrogen-bond donors (Lipinski definition) is 2. The number of aliphatic hydroxyl groups is 1. The standard InChI is InChI=1S/C18H18FNO2/c1-3-13-14-8-12(19)9-15(16(14)20-18(13)22)17(21)11-6-4-10(2)5-7-11/h4-9,13,17,21H,3H2,1-2H3,(H,20,22). The zero-order valence-corrected chi connectivity index (χ0v) is 12.6. The number of anilines is 1. The molecule has 2 aromatic rings. The molecule has 2 N–H and O–H groups in total. The van der Waals surface area contributed by atoms with Crippen molar-refractivity contribution in [3.8, 4) is 0 Å². The molecule has 0 saturated carbocycles. The largest absolute Gasteiger partial charge is 0.384 e. The Morgan fingerprint density at radius 1 is 1.27 bits per heavy atom. The van der Waals surface area contributed by atoms with Crippen LogP contribution in [0.3, 0.4) is 0 Å². The molecule has 1 amide bonds. The molecule has 22 heavy (non-hydrogen) atoms. The van der Waals surface area contributed by atoms with Crippen LogP contribution in [0.25, 0.3) is 0 Å². The lowest BCUT2D eigenvalue weighted by molar-refractivity contribution is -0.117. The number of amides is 1. The predicted octanol–water partition coefficient (Wildman–Crippen LogP) is 3.66. The van der Waals surface area contributed by atoms with E-state index in [-0.39, 0.29) is 11.8 Å². The first-order valence-electron chi connectivity index (χ1n) is 7.40. The van der Waals surface area contributed by atoms with Crippen LogP contribution in [0.1, 0.15) is 47.6 Å². The van der Waals surface area contributed by atoms with Crippen LogP contribution in [-0.2, 0) is 4.79 Å². The van der Waals surface area contributed by atoms with Crippen molar-refractivity contribution in [2.75, 3.05) is 5.32 Å². The van der Waals surface area contributed by atoms with E-state index in [4.69, 9.17) is 0 Å².